The number of rotatable bonds is 11. The predicted octanol–water partition coefficient (Wildman–Crippen LogP) is 4.58. The number of nitrogens with zero attached hydrogens (tertiary/aromatic N) is 2. The molecule has 4 aromatic rings. The number of hydrogen-bond donors (Lipinski definition) is 3. The number of unbranched alkanes of at least 4 members (excludes halogenated alkanes) is 2. The van der Waals surface area contributed by atoms with Gasteiger partial charge in [-0.25, -0.2) is 0 Å². The van der Waals surface area contributed by atoms with Crippen molar-refractivity contribution < 1.29 is 9.59 Å². The van der Waals surface area contributed by atoms with E-state index in [1.807, 2.05) is 37.4 Å². The molecule has 1 aromatic carbocycles. The van der Waals surface area contributed by atoms with Crippen molar-refractivity contribution in [1.82, 2.24) is 25.6 Å². The van der Waals surface area contributed by atoms with Crippen molar-refractivity contribution in [3.63, 3.8) is 0 Å². The number of amides is 2. The number of pyridine rings is 2. The van der Waals surface area contributed by atoms with Crippen LogP contribution in [-0.2, 0) is 11.2 Å². The zero-order chi connectivity index (χ0) is 24.5. The minimum absolute atomic E-state index is 0.0722. The van der Waals surface area contributed by atoms with E-state index in [9.17, 15) is 9.59 Å². The molecule has 0 spiro atoms. The van der Waals surface area contributed by atoms with E-state index < -0.39 is 0 Å². The maximum absolute atomic E-state index is 12.5. The smallest absolute Gasteiger partial charge is 0.251 e. The molecule has 0 saturated carbocycles. The number of hydrogen-bond acceptors (Lipinski definition) is 4. The van der Waals surface area contributed by atoms with Crippen molar-refractivity contribution in [3.8, 4) is 11.4 Å². The summed E-state index contributed by atoms with van der Waals surface area (Å²) in [5.74, 6) is -0.0562. The first-order chi connectivity index (χ1) is 17.1. The summed E-state index contributed by atoms with van der Waals surface area (Å²) < 4.78 is 0. The van der Waals surface area contributed by atoms with Gasteiger partial charge in [0.2, 0.25) is 5.91 Å². The molecule has 0 saturated heterocycles. The van der Waals surface area contributed by atoms with Gasteiger partial charge in [-0.1, -0.05) is 24.6 Å². The van der Waals surface area contributed by atoms with Crippen LogP contribution in [-0.4, -0.2) is 39.9 Å². The van der Waals surface area contributed by atoms with Crippen molar-refractivity contribution >= 4 is 22.7 Å². The fraction of sp³-hybridized carbons (Fsp3) is 0.286. The van der Waals surface area contributed by atoms with E-state index in [1.165, 1.54) is 10.9 Å². The first kappa shape index (κ1) is 24.1. The molecule has 0 aliphatic heterocycles. The maximum Gasteiger partial charge on any atom is 0.251 e. The van der Waals surface area contributed by atoms with Crippen LogP contribution in [0.5, 0.6) is 0 Å². The average molecular weight is 470 g/mol. The molecule has 3 aromatic heterocycles. The highest BCUT2D eigenvalue weighted by Crippen LogP contribution is 2.18. The number of carbonyl (C=O) groups excluding carboxylic acids is 2. The van der Waals surface area contributed by atoms with Crippen molar-refractivity contribution in [2.45, 2.75) is 39.0 Å². The molecule has 2 amide bonds. The lowest BCUT2D eigenvalue weighted by atomic mass is 10.1. The normalized spacial score (nSPS) is 10.9. The monoisotopic (exact) mass is 469 g/mol. The van der Waals surface area contributed by atoms with E-state index in [0.717, 1.165) is 42.5 Å². The Morgan fingerprint density at radius 2 is 1.69 bits per heavy atom. The molecular weight excluding hydrogens is 438 g/mol. The third kappa shape index (κ3) is 6.76. The van der Waals surface area contributed by atoms with Crippen LogP contribution >= 0.6 is 0 Å². The summed E-state index contributed by atoms with van der Waals surface area (Å²) in [5, 5.41) is 7.16. The third-order valence-corrected chi connectivity index (χ3v) is 5.96. The number of benzene rings is 1. The van der Waals surface area contributed by atoms with Gasteiger partial charge in [-0.3, -0.25) is 19.6 Å². The van der Waals surface area contributed by atoms with Crippen LogP contribution < -0.4 is 10.6 Å². The molecule has 35 heavy (non-hydrogen) atoms. The minimum atomic E-state index is -0.128. The Bertz CT molecular complexity index is 1300. The van der Waals surface area contributed by atoms with Crippen LogP contribution in [0.3, 0.4) is 0 Å². The summed E-state index contributed by atoms with van der Waals surface area (Å²) in [7, 11) is 0. The Labute approximate surface area is 205 Å². The highest BCUT2D eigenvalue weighted by atomic mass is 16.2. The summed E-state index contributed by atoms with van der Waals surface area (Å²) in [4.78, 5) is 36.6. The lowest BCUT2D eigenvalue weighted by Gasteiger charge is -2.07. The standard InChI is InChI=1S/C28H31N5O2/c1-20-10-14-29-25(17-20)26-18-21(11-15-30-26)28(35)32-13-6-2-3-9-27(34)31-16-12-22-19-33-24-8-5-4-7-23(22)24/h4-5,7-8,10-11,14-15,17-19,33H,2-3,6,9,12-13,16H2,1H3,(H,31,34)(H,32,35). The van der Waals surface area contributed by atoms with Crippen molar-refractivity contribution in [3.05, 3.63) is 83.8 Å². The number of nitrogens with one attached hydrogen (secondary N) is 3. The lowest BCUT2D eigenvalue weighted by Crippen LogP contribution is -2.26. The molecule has 0 aliphatic carbocycles. The van der Waals surface area contributed by atoms with Gasteiger partial charge in [-0.05, 0) is 67.6 Å². The second-order valence-electron chi connectivity index (χ2n) is 8.67. The lowest BCUT2D eigenvalue weighted by molar-refractivity contribution is -0.121. The summed E-state index contributed by atoms with van der Waals surface area (Å²) in [5.41, 5.74) is 5.42. The molecule has 0 unspecified atom stereocenters. The molecule has 0 aliphatic rings. The molecule has 0 fully saturated rings. The number of aryl methyl sites for hydroxylation is 1. The molecule has 7 nitrogen and oxygen atoms in total. The summed E-state index contributed by atoms with van der Waals surface area (Å²) >= 11 is 0. The highest BCUT2D eigenvalue weighted by molar-refractivity contribution is 5.95. The second kappa shape index (κ2) is 11.9. The SMILES string of the molecule is Cc1ccnc(-c2cc(C(=O)NCCCCCC(=O)NCCc3c[nH]c4ccccc34)ccn2)c1. The quantitative estimate of drug-likeness (QED) is 0.280. The first-order valence-corrected chi connectivity index (χ1v) is 12.1. The molecule has 0 atom stereocenters. The zero-order valence-corrected chi connectivity index (χ0v) is 20.0. The molecule has 0 bridgehead atoms. The van der Waals surface area contributed by atoms with Gasteiger partial charge in [0.1, 0.15) is 0 Å². The van der Waals surface area contributed by atoms with Gasteiger partial charge >= 0.3 is 0 Å². The van der Waals surface area contributed by atoms with Gasteiger partial charge < -0.3 is 15.6 Å². The van der Waals surface area contributed by atoms with E-state index in [1.54, 1.807) is 24.5 Å². The Kier molecular flexibility index (Phi) is 8.22. The summed E-state index contributed by atoms with van der Waals surface area (Å²) in [6.07, 6.45) is 9.19. The number of H-pyrrole nitrogens is 1. The second-order valence-corrected chi connectivity index (χ2v) is 8.67. The Balaban J connectivity index is 1.11. The topological polar surface area (TPSA) is 99.8 Å². The first-order valence-electron chi connectivity index (χ1n) is 12.1. The molecular formula is C28H31N5O2. The Morgan fingerprint density at radius 3 is 2.54 bits per heavy atom. The van der Waals surface area contributed by atoms with Crippen LogP contribution in [0.25, 0.3) is 22.3 Å². The maximum atomic E-state index is 12.5. The molecule has 7 heteroatoms. The molecule has 0 radical (unpaired) electrons. The number of fused-ring (bicyclic) bond motifs is 1. The fourth-order valence-electron chi connectivity index (χ4n) is 4.04. The number of aromatic amines is 1. The van der Waals surface area contributed by atoms with Crippen LogP contribution in [0.4, 0.5) is 0 Å². The van der Waals surface area contributed by atoms with Gasteiger partial charge in [-0.2, -0.15) is 0 Å². The van der Waals surface area contributed by atoms with E-state index >= 15 is 0 Å². The third-order valence-electron chi connectivity index (χ3n) is 5.96. The number of carbonyl (C=O) groups is 2. The Morgan fingerprint density at radius 1 is 0.886 bits per heavy atom. The highest BCUT2D eigenvalue weighted by Gasteiger charge is 2.09. The van der Waals surface area contributed by atoms with E-state index in [2.05, 4.69) is 37.7 Å². The predicted molar refractivity (Wildman–Crippen MR) is 138 cm³/mol. The molecule has 3 N–H and O–H groups in total. The van der Waals surface area contributed by atoms with Gasteiger partial charge in [0.15, 0.2) is 0 Å². The van der Waals surface area contributed by atoms with Crippen LogP contribution in [0.1, 0.15) is 47.2 Å². The van der Waals surface area contributed by atoms with Gasteiger partial charge in [-0.15, -0.1) is 0 Å². The van der Waals surface area contributed by atoms with Gasteiger partial charge in [0, 0.05) is 54.6 Å². The van der Waals surface area contributed by atoms with Crippen molar-refractivity contribution in [2.24, 2.45) is 0 Å². The van der Waals surface area contributed by atoms with Gasteiger partial charge in [0.05, 0.1) is 11.4 Å². The van der Waals surface area contributed by atoms with E-state index in [-0.39, 0.29) is 11.8 Å². The summed E-state index contributed by atoms with van der Waals surface area (Å²) in [6.45, 7) is 3.20. The number of para-hydroxylation sites is 1. The molecule has 180 valence electrons. The van der Waals surface area contributed by atoms with Crippen LogP contribution in [0.2, 0.25) is 0 Å². The minimum Gasteiger partial charge on any atom is -0.361 e. The zero-order valence-electron chi connectivity index (χ0n) is 20.0. The largest absolute Gasteiger partial charge is 0.361 e. The number of aromatic nitrogens is 3. The summed E-state index contributed by atoms with van der Waals surface area (Å²) in [6, 6.07) is 15.5. The Hall–Kier alpha value is -4.00. The molecule has 4 rings (SSSR count). The fourth-order valence-corrected chi connectivity index (χ4v) is 4.04. The van der Waals surface area contributed by atoms with Gasteiger partial charge in [0.25, 0.3) is 5.91 Å². The van der Waals surface area contributed by atoms with Crippen molar-refractivity contribution in [2.75, 3.05) is 13.1 Å². The van der Waals surface area contributed by atoms with Crippen molar-refractivity contribution in [1.29, 1.82) is 0 Å². The van der Waals surface area contributed by atoms with Crippen LogP contribution in [0.15, 0.2) is 67.1 Å². The molecule has 3 heterocycles. The van der Waals surface area contributed by atoms with E-state index in [0.29, 0.717) is 30.8 Å². The average Bonchev–Trinajstić information content (AvgIpc) is 3.29. The van der Waals surface area contributed by atoms with E-state index in [4.69, 9.17) is 0 Å². The van der Waals surface area contributed by atoms with Crippen LogP contribution in [0, 0.1) is 6.92 Å².